The van der Waals surface area contributed by atoms with Crippen LogP contribution in [0.5, 0.6) is 0 Å². The lowest BCUT2D eigenvalue weighted by atomic mass is 10.2. The Hall–Kier alpha value is -3.71. The van der Waals surface area contributed by atoms with E-state index in [1.165, 1.54) is 4.68 Å². The molecule has 0 unspecified atom stereocenters. The number of hydrazone groups is 1. The molecule has 30 heavy (non-hydrogen) atoms. The highest BCUT2D eigenvalue weighted by Gasteiger charge is 2.26. The number of carbonyl (C=O) groups is 1. The molecule has 0 aromatic carbocycles. The van der Waals surface area contributed by atoms with Gasteiger partial charge in [0.2, 0.25) is 11.6 Å². The molecule has 0 spiro atoms. The number of nitrogens with one attached hydrogen (secondary N) is 1. The Bertz CT molecular complexity index is 1040. The fourth-order valence-corrected chi connectivity index (χ4v) is 2.95. The molecular weight excluding hydrogens is 392 g/mol. The van der Waals surface area contributed by atoms with E-state index in [1.807, 2.05) is 0 Å². The predicted molar refractivity (Wildman–Crippen MR) is 104 cm³/mol. The number of rotatable bonds is 6. The molecule has 1 saturated heterocycles. The molecule has 3 aromatic heterocycles. The van der Waals surface area contributed by atoms with Gasteiger partial charge in [0.15, 0.2) is 5.69 Å². The summed E-state index contributed by atoms with van der Waals surface area (Å²) in [7, 11) is 0. The number of pyridine rings is 1. The summed E-state index contributed by atoms with van der Waals surface area (Å²) in [5.74, 6) is -0.446. The van der Waals surface area contributed by atoms with Crippen LogP contribution in [0.4, 0.5) is 5.82 Å². The minimum atomic E-state index is -0.515. The average molecular weight is 412 g/mol. The molecule has 1 aliphatic rings. The van der Waals surface area contributed by atoms with Crippen LogP contribution in [0.3, 0.4) is 0 Å². The van der Waals surface area contributed by atoms with E-state index in [0.29, 0.717) is 31.2 Å². The number of anilines is 1. The minimum absolute atomic E-state index is 0.0108. The molecule has 1 fully saturated rings. The van der Waals surface area contributed by atoms with Crippen LogP contribution in [0.2, 0.25) is 0 Å². The minimum Gasteiger partial charge on any atom is -0.379 e. The lowest BCUT2D eigenvalue weighted by molar-refractivity contribution is 0.0335. The quantitative estimate of drug-likeness (QED) is 0.403. The molecule has 0 bridgehead atoms. The molecule has 3 aromatic rings. The molecule has 4 rings (SSSR count). The van der Waals surface area contributed by atoms with E-state index in [1.54, 1.807) is 31.5 Å². The molecule has 1 aliphatic heterocycles. The standard InChI is InChI=1S/C17H20N10O3/c1-11(12-2-4-19-5-3-12)20-22-17(28)14-13(10-26-6-8-29-9-7-26)21-25-27(14)16-15(18)23-30-24-16/h2-5H,6-10H2,1H3,(H2,18,23)(H,22,28)/b20-11+. The molecular formula is C17H20N10O3. The van der Waals surface area contributed by atoms with Crippen LogP contribution in [-0.4, -0.2) is 73.1 Å². The number of hydrogen-bond donors (Lipinski definition) is 2. The first-order valence-corrected chi connectivity index (χ1v) is 9.21. The SMILES string of the molecule is C/C(=N\NC(=O)c1c(CN2CCOCC2)nnn1-c1nonc1N)c1ccncc1. The second-order valence-corrected chi connectivity index (χ2v) is 6.53. The van der Waals surface area contributed by atoms with Crippen molar-refractivity contribution in [2.45, 2.75) is 13.5 Å². The third-order valence-corrected chi connectivity index (χ3v) is 4.55. The van der Waals surface area contributed by atoms with Gasteiger partial charge in [-0.25, -0.2) is 10.1 Å². The molecule has 13 nitrogen and oxygen atoms in total. The zero-order valence-corrected chi connectivity index (χ0v) is 16.2. The molecule has 0 aliphatic carbocycles. The highest BCUT2D eigenvalue weighted by Crippen LogP contribution is 2.17. The Morgan fingerprint density at radius 1 is 1.27 bits per heavy atom. The van der Waals surface area contributed by atoms with E-state index in [4.69, 9.17) is 10.5 Å². The van der Waals surface area contributed by atoms with Crippen molar-refractivity contribution >= 4 is 17.4 Å². The van der Waals surface area contributed by atoms with Gasteiger partial charge in [-0.1, -0.05) is 5.21 Å². The fraction of sp³-hybridized carbons (Fsp3) is 0.353. The zero-order chi connectivity index (χ0) is 20.9. The van der Waals surface area contributed by atoms with Gasteiger partial charge in [-0.15, -0.1) is 5.10 Å². The van der Waals surface area contributed by atoms with Crippen molar-refractivity contribution in [2.75, 3.05) is 32.0 Å². The average Bonchev–Trinajstić information content (AvgIpc) is 3.38. The third kappa shape index (κ3) is 4.16. The number of amides is 1. The van der Waals surface area contributed by atoms with Gasteiger partial charge in [0.1, 0.15) is 5.69 Å². The Morgan fingerprint density at radius 2 is 2.03 bits per heavy atom. The smallest absolute Gasteiger partial charge is 0.292 e. The molecule has 1 amide bonds. The highest BCUT2D eigenvalue weighted by molar-refractivity contribution is 6.00. The van der Waals surface area contributed by atoms with E-state index in [-0.39, 0.29) is 17.3 Å². The number of aromatic nitrogens is 6. The first-order valence-electron chi connectivity index (χ1n) is 9.21. The zero-order valence-electron chi connectivity index (χ0n) is 16.2. The number of carbonyl (C=O) groups excluding carboxylic acids is 1. The fourth-order valence-electron chi connectivity index (χ4n) is 2.95. The molecule has 0 atom stereocenters. The van der Waals surface area contributed by atoms with E-state index >= 15 is 0 Å². The van der Waals surface area contributed by atoms with Crippen LogP contribution >= 0.6 is 0 Å². The van der Waals surface area contributed by atoms with E-state index in [2.05, 4.69) is 45.7 Å². The predicted octanol–water partition coefficient (Wildman–Crippen LogP) is -0.386. The van der Waals surface area contributed by atoms with Gasteiger partial charge in [-0.05, 0) is 29.4 Å². The number of hydrogen-bond acceptors (Lipinski definition) is 11. The van der Waals surface area contributed by atoms with Crippen molar-refractivity contribution in [1.29, 1.82) is 0 Å². The van der Waals surface area contributed by atoms with Gasteiger partial charge in [0.25, 0.3) is 5.91 Å². The van der Waals surface area contributed by atoms with Gasteiger partial charge in [-0.2, -0.15) is 9.78 Å². The van der Waals surface area contributed by atoms with Crippen LogP contribution in [0.15, 0.2) is 34.3 Å². The maximum absolute atomic E-state index is 13.0. The summed E-state index contributed by atoms with van der Waals surface area (Å²) in [6.07, 6.45) is 3.30. The number of ether oxygens (including phenoxy) is 1. The summed E-state index contributed by atoms with van der Waals surface area (Å²) in [5.41, 5.74) is 10.4. The molecule has 4 heterocycles. The van der Waals surface area contributed by atoms with Crippen LogP contribution in [0.25, 0.3) is 5.82 Å². The van der Waals surface area contributed by atoms with Crippen molar-refractivity contribution in [3.05, 3.63) is 41.5 Å². The first kappa shape index (κ1) is 19.6. The second kappa shape index (κ2) is 8.75. The van der Waals surface area contributed by atoms with Gasteiger partial charge < -0.3 is 10.5 Å². The van der Waals surface area contributed by atoms with Crippen molar-refractivity contribution in [3.63, 3.8) is 0 Å². The van der Waals surface area contributed by atoms with Crippen molar-refractivity contribution in [3.8, 4) is 5.82 Å². The number of nitrogens with two attached hydrogens (primary N) is 1. The van der Waals surface area contributed by atoms with Crippen LogP contribution in [0.1, 0.15) is 28.7 Å². The maximum atomic E-state index is 13.0. The number of nitrogen functional groups attached to an aromatic ring is 1. The van der Waals surface area contributed by atoms with E-state index in [0.717, 1.165) is 18.7 Å². The number of nitrogens with zero attached hydrogens (tertiary/aromatic N) is 8. The van der Waals surface area contributed by atoms with Gasteiger partial charge in [0, 0.05) is 37.6 Å². The lowest BCUT2D eigenvalue weighted by Gasteiger charge is -2.25. The topological polar surface area (TPSA) is 162 Å². The first-order chi connectivity index (χ1) is 14.6. The summed E-state index contributed by atoms with van der Waals surface area (Å²) < 4.78 is 11.2. The maximum Gasteiger partial charge on any atom is 0.292 e. The van der Waals surface area contributed by atoms with Crippen LogP contribution in [0, 0.1) is 0 Å². The summed E-state index contributed by atoms with van der Waals surface area (Å²) in [4.78, 5) is 19.1. The molecule has 0 radical (unpaired) electrons. The molecule has 0 saturated carbocycles. The van der Waals surface area contributed by atoms with Crippen LogP contribution in [-0.2, 0) is 11.3 Å². The van der Waals surface area contributed by atoms with Gasteiger partial charge >= 0.3 is 0 Å². The normalized spacial score (nSPS) is 15.3. The Balaban J connectivity index is 1.62. The van der Waals surface area contributed by atoms with Crippen molar-refractivity contribution < 1.29 is 14.2 Å². The molecule has 13 heteroatoms. The molecule has 3 N–H and O–H groups in total. The van der Waals surface area contributed by atoms with Gasteiger partial charge in [-0.3, -0.25) is 14.7 Å². The largest absolute Gasteiger partial charge is 0.379 e. The van der Waals surface area contributed by atoms with Gasteiger partial charge in [0.05, 0.1) is 18.9 Å². The second-order valence-electron chi connectivity index (χ2n) is 6.53. The number of morpholine rings is 1. The molecule has 156 valence electrons. The Kier molecular flexibility index (Phi) is 5.72. The highest BCUT2D eigenvalue weighted by atomic mass is 16.6. The summed E-state index contributed by atoms with van der Waals surface area (Å²) in [5, 5.41) is 19.6. The summed E-state index contributed by atoms with van der Waals surface area (Å²) in [6.45, 7) is 4.86. The van der Waals surface area contributed by atoms with E-state index in [9.17, 15) is 4.79 Å². The Morgan fingerprint density at radius 3 is 2.73 bits per heavy atom. The monoisotopic (exact) mass is 412 g/mol. The van der Waals surface area contributed by atoms with E-state index < -0.39 is 5.91 Å². The Labute approximate surface area is 170 Å². The summed E-state index contributed by atoms with van der Waals surface area (Å²) >= 11 is 0. The van der Waals surface area contributed by atoms with Crippen molar-refractivity contribution in [2.24, 2.45) is 5.10 Å². The van der Waals surface area contributed by atoms with Crippen molar-refractivity contribution in [1.82, 2.24) is 40.6 Å². The summed E-state index contributed by atoms with van der Waals surface area (Å²) in [6, 6.07) is 3.59. The van der Waals surface area contributed by atoms with Crippen LogP contribution < -0.4 is 11.2 Å². The third-order valence-electron chi connectivity index (χ3n) is 4.55. The lowest BCUT2D eigenvalue weighted by Crippen LogP contribution is -2.36.